The molecule has 4 aromatic rings. The molecule has 6 heteroatoms. The van der Waals surface area contributed by atoms with Crippen molar-refractivity contribution in [2.24, 2.45) is 0 Å². The summed E-state index contributed by atoms with van der Waals surface area (Å²) in [6.45, 7) is 6.08. The second-order valence-corrected chi connectivity index (χ2v) is 10.7. The van der Waals surface area contributed by atoms with E-state index in [1.807, 2.05) is 42.5 Å². The first-order chi connectivity index (χ1) is 18.2. The first-order valence-corrected chi connectivity index (χ1v) is 14.3. The van der Waals surface area contributed by atoms with Gasteiger partial charge >= 0.3 is 0 Å². The molecule has 4 aromatic carbocycles. The zero-order chi connectivity index (χ0) is 27.1. The Balaban J connectivity index is 0.00000280. The van der Waals surface area contributed by atoms with Crippen molar-refractivity contribution in [1.82, 2.24) is 0 Å². The van der Waals surface area contributed by atoms with Crippen molar-refractivity contribution >= 4 is 7.82 Å². The van der Waals surface area contributed by atoms with Crippen molar-refractivity contribution in [3.8, 4) is 5.75 Å². The van der Waals surface area contributed by atoms with Crippen molar-refractivity contribution in [1.29, 1.82) is 0 Å². The molecule has 0 aliphatic rings. The molecule has 0 aliphatic carbocycles. The topological polar surface area (TPSA) is 81.7 Å². The van der Waals surface area contributed by atoms with E-state index in [-0.39, 0.29) is 45.8 Å². The summed E-state index contributed by atoms with van der Waals surface area (Å²) in [7, 11) is -5.08. The van der Waals surface area contributed by atoms with E-state index >= 15 is 0 Å². The summed E-state index contributed by atoms with van der Waals surface area (Å²) in [5.41, 5.74) is 6.66. The Kier molecular flexibility index (Phi) is 12.4. The lowest BCUT2D eigenvalue weighted by atomic mass is 9.81. The Morgan fingerprint density at radius 1 is 0.600 bits per heavy atom. The van der Waals surface area contributed by atoms with E-state index in [1.54, 1.807) is 0 Å². The molecule has 0 bridgehead atoms. The third-order valence-corrected chi connectivity index (χ3v) is 7.58. The summed E-state index contributed by atoms with van der Waals surface area (Å²) in [5.74, 6) is 0.838. The molecule has 3 atom stereocenters. The van der Waals surface area contributed by atoms with E-state index in [2.05, 4.69) is 86.0 Å². The molecular weight excluding hydrogens is 519 g/mol. The average molecular weight is 561 g/mol. The highest BCUT2D eigenvalue weighted by atomic mass is 31.2. The number of rotatable bonds is 11. The highest BCUT2D eigenvalue weighted by Crippen LogP contribution is 2.42. The van der Waals surface area contributed by atoms with Crippen LogP contribution in [0.5, 0.6) is 5.75 Å². The number of benzene rings is 4. The summed E-state index contributed by atoms with van der Waals surface area (Å²) < 4.78 is 21.7. The van der Waals surface area contributed by atoms with Crippen LogP contribution in [0.15, 0.2) is 103 Å². The zero-order valence-electron chi connectivity index (χ0n) is 21.9. The molecular formula is C34H41O5P-2. The Morgan fingerprint density at radius 2 is 0.975 bits per heavy atom. The van der Waals surface area contributed by atoms with Gasteiger partial charge in [-0.3, -0.25) is 0 Å². The predicted octanol–water partition coefficient (Wildman–Crippen LogP) is 7.64. The number of phosphoric acid groups is 1. The van der Waals surface area contributed by atoms with E-state index in [0.29, 0.717) is 5.75 Å². The van der Waals surface area contributed by atoms with Crippen LogP contribution in [0.3, 0.4) is 0 Å². The monoisotopic (exact) mass is 560 g/mol. The van der Waals surface area contributed by atoms with Gasteiger partial charge in [0.2, 0.25) is 0 Å². The van der Waals surface area contributed by atoms with Crippen molar-refractivity contribution in [3.63, 3.8) is 0 Å². The van der Waals surface area contributed by atoms with Crippen LogP contribution in [0.25, 0.3) is 0 Å². The number of hydrogen-bond acceptors (Lipinski definition) is 5. The van der Waals surface area contributed by atoms with E-state index in [1.165, 1.54) is 11.1 Å². The standard InChI is InChI=1S/C32H35O5P.2CH4/c1-23(26-13-7-4-8-14-26)29-21-30(24(2)27-15-9-5-10-16-27)32(36-19-20-37-38(33,34)35)31(22-29)25(3)28-17-11-6-12-18-28;;/h4-18,21-25H,19-20H2,1-3H3,(H2,33,34,35);2*1H4/p-2. The predicted molar refractivity (Wildman–Crippen MR) is 161 cm³/mol. The van der Waals surface area contributed by atoms with Crippen molar-refractivity contribution < 1.29 is 23.6 Å². The summed E-state index contributed by atoms with van der Waals surface area (Å²) >= 11 is 0. The SMILES string of the molecule is C.C.CC(c1ccccc1)c1cc(C(C)c2ccccc2)c(OCCOP(=O)([O-])[O-])c(C(C)c2ccccc2)c1. The Bertz CT molecular complexity index is 1290. The molecule has 0 aliphatic heterocycles. The van der Waals surface area contributed by atoms with Gasteiger partial charge in [0.25, 0.3) is 0 Å². The van der Waals surface area contributed by atoms with Crippen LogP contribution >= 0.6 is 7.82 Å². The lowest BCUT2D eigenvalue weighted by molar-refractivity contribution is -0.341. The molecule has 40 heavy (non-hydrogen) atoms. The zero-order valence-corrected chi connectivity index (χ0v) is 22.8. The van der Waals surface area contributed by atoms with E-state index in [0.717, 1.165) is 22.3 Å². The number of ether oxygens (including phenoxy) is 1. The normalized spacial score (nSPS) is 13.3. The molecule has 3 unspecified atom stereocenters. The van der Waals surface area contributed by atoms with Gasteiger partial charge in [-0.2, -0.15) is 0 Å². The number of phosphoric ester groups is 1. The molecule has 4 rings (SSSR count). The molecule has 214 valence electrons. The molecule has 0 spiro atoms. The highest BCUT2D eigenvalue weighted by molar-refractivity contribution is 7.43. The largest absolute Gasteiger partial charge is 0.790 e. The maximum atomic E-state index is 11.0. The van der Waals surface area contributed by atoms with Gasteiger partial charge < -0.3 is 23.6 Å². The molecule has 0 fully saturated rings. The summed E-state index contributed by atoms with van der Waals surface area (Å²) in [6.07, 6.45) is 0. The number of hydrogen-bond donors (Lipinski definition) is 0. The van der Waals surface area contributed by atoms with E-state index in [4.69, 9.17) is 4.74 Å². The minimum atomic E-state index is -5.08. The quantitative estimate of drug-likeness (QED) is 0.139. The fourth-order valence-electron chi connectivity index (χ4n) is 4.83. The van der Waals surface area contributed by atoms with E-state index < -0.39 is 7.82 Å². The smallest absolute Gasteiger partial charge is 0.127 e. The summed E-state index contributed by atoms with van der Waals surface area (Å²) in [5, 5.41) is 0. The Hall–Kier alpha value is -3.21. The minimum absolute atomic E-state index is 0. The van der Waals surface area contributed by atoms with Crippen LogP contribution in [0.1, 0.15) is 86.8 Å². The minimum Gasteiger partial charge on any atom is -0.790 e. The van der Waals surface area contributed by atoms with Crippen molar-refractivity contribution in [2.75, 3.05) is 13.2 Å². The van der Waals surface area contributed by atoms with Crippen LogP contribution in [-0.2, 0) is 9.09 Å². The van der Waals surface area contributed by atoms with Gasteiger partial charge in [0, 0.05) is 28.9 Å². The molecule has 0 saturated heterocycles. The van der Waals surface area contributed by atoms with Gasteiger partial charge in [-0.15, -0.1) is 0 Å². The molecule has 5 nitrogen and oxygen atoms in total. The van der Waals surface area contributed by atoms with Crippen LogP contribution in [0, 0.1) is 0 Å². The second-order valence-electron chi connectivity index (χ2n) is 9.55. The molecule has 0 aromatic heterocycles. The van der Waals surface area contributed by atoms with Gasteiger partial charge in [-0.1, -0.05) is 139 Å². The molecule has 0 saturated carbocycles. The Morgan fingerprint density at radius 3 is 1.35 bits per heavy atom. The van der Waals surface area contributed by atoms with Crippen LogP contribution in [0.4, 0.5) is 0 Å². The first-order valence-electron chi connectivity index (χ1n) is 12.9. The lowest BCUT2D eigenvalue weighted by Crippen LogP contribution is -2.19. The van der Waals surface area contributed by atoms with Crippen LogP contribution in [-0.4, -0.2) is 13.2 Å². The second kappa shape index (κ2) is 15.0. The molecule has 0 heterocycles. The third-order valence-electron chi connectivity index (χ3n) is 7.08. The lowest BCUT2D eigenvalue weighted by Gasteiger charge is -2.29. The molecule has 0 N–H and O–H groups in total. The van der Waals surface area contributed by atoms with Crippen LogP contribution in [0.2, 0.25) is 0 Å². The summed E-state index contributed by atoms with van der Waals surface area (Å²) in [4.78, 5) is 22.0. The van der Waals surface area contributed by atoms with Gasteiger partial charge in [-0.25, -0.2) is 0 Å². The third kappa shape index (κ3) is 8.39. The first kappa shape index (κ1) is 33.0. The van der Waals surface area contributed by atoms with Gasteiger partial charge in [0.15, 0.2) is 0 Å². The average Bonchev–Trinajstić information content (AvgIpc) is 2.94. The maximum absolute atomic E-state index is 11.0. The van der Waals surface area contributed by atoms with Gasteiger partial charge in [-0.05, 0) is 22.3 Å². The van der Waals surface area contributed by atoms with Crippen molar-refractivity contribution in [2.45, 2.75) is 53.4 Å². The fourth-order valence-corrected chi connectivity index (χ4v) is 5.13. The summed E-state index contributed by atoms with van der Waals surface area (Å²) in [6, 6.07) is 35.2. The van der Waals surface area contributed by atoms with Crippen molar-refractivity contribution in [3.05, 3.63) is 137 Å². The highest BCUT2D eigenvalue weighted by Gasteiger charge is 2.24. The maximum Gasteiger partial charge on any atom is 0.127 e. The van der Waals surface area contributed by atoms with E-state index in [9.17, 15) is 14.4 Å². The van der Waals surface area contributed by atoms with Gasteiger partial charge in [0.05, 0.1) is 14.4 Å². The molecule has 0 amide bonds. The van der Waals surface area contributed by atoms with Gasteiger partial charge in [0.1, 0.15) is 12.4 Å². The molecule has 0 radical (unpaired) electrons. The van der Waals surface area contributed by atoms with Crippen LogP contribution < -0.4 is 14.5 Å². The fraction of sp³-hybridized carbons (Fsp3) is 0.294. The Labute approximate surface area is 240 Å².